The van der Waals surface area contributed by atoms with Gasteiger partial charge in [0.1, 0.15) is 11.6 Å². The van der Waals surface area contributed by atoms with E-state index in [4.69, 9.17) is 4.74 Å². The Morgan fingerprint density at radius 3 is 2.50 bits per heavy atom. The van der Waals surface area contributed by atoms with Gasteiger partial charge in [0.15, 0.2) is 0 Å². The molecule has 0 aliphatic carbocycles. The van der Waals surface area contributed by atoms with Crippen molar-refractivity contribution in [2.24, 2.45) is 0 Å². The molecule has 3 heteroatoms. The quantitative estimate of drug-likeness (QED) is 0.877. The van der Waals surface area contributed by atoms with Gasteiger partial charge >= 0.3 is 0 Å². The van der Waals surface area contributed by atoms with Crippen molar-refractivity contribution in [2.45, 2.75) is 26.8 Å². The highest BCUT2D eigenvalue weighted by Crippen LogP contribution is 2.29. The minimum atomic E-state index is -0.214. The van der Waals surface area contributed by atoms with Crippen LogP contribution in [0.4, 0.5) is 10.1 Å². The van der Waals surface area contributed by atoms with E-state index in [-0.39, 0.29) is 11.9 Å². The zero-order chi connectivity index (χ0) is 14.7. The Labute approximate surface area is 119 Å². The third-order valence-electron chi connectivity index (χ3n) is 3.42. The van der Waals surface area contributed by atoms with Crippen LogP contribution in [0.2, 0.25) is 0 Å². The van der Waals surface area contributed by atoms with Gasteiger partial charge in [-0.15, -0.1) is 0 Å². The van der Waals surface area contributed by atoms with Gasteiger partial charge in [-0.1, -0.05) is 12.1 Å². The van der Waals surface area contributed by atoms with E-state index in [2.05, 4.69) is 24.4 Å². The highest BCUT2D eigenvalue weighted by molar-refractivity contribution is 5.53. The number of aryl methyl sites for hydroxylation is 2. The lowest BCUT2D eigenvalue weighted by molar-refractivity contribution is 0.407. The van der Waals surface area contributed by atoms with Crippen molar-refractivity contribution in [3.63, 3.8) is 0 Å². The predicted octanol–water partition coefficient (Wildman–Crippen LogP) is 4.62. The summed E-state index contributed by atoms with van der Waals surface area (Å²) < 4.78 is 18.6. The minimum absolute atomic E-state index is 0.0784. The lowest BCUT2D eigenvalue weighted by Gasteiger charge is -2.20. The molecule has 0 aliphatic rings. The molecule has 2 rings (SSSR count). The first kappa shape index (κ1) is 14.4. The summed E-state index contributed by atoms with van der Waals surface area (Å²) in [6, 6.07) is 11.0. The molecule has 0 amide bonds. The standard InChI is InChI=1S/C17H20FNO/c1-11-5-7-15(17(9-11)20-4)13(3)19-16-8-6-14(18)10-12(16)2/h5-10,13,19H,1-4H3. The van der Waals surface area contributed by atoms with Crippen molar-refractivity contribution in [1.29, 1.82) is 0 Å². The van der Waals surface area contributed by atoms with Gasteiger partial charge < -0.3 is 10.1 Å². The third kappa shape index (κ3) is 3.10. The molecule has 0 radical (unpaired) electrons. The molecule has 1 N–H and O–H groups in total. The molecule has 20 heavy (non-hydrogen) atoms. The molecule has 0 saturated carbocycles. The first-order chi connectivity index (χ1) is 9.51. The van der Waals surface area contributed by atoms with Crippen molar-refractivity contribution in [2.75, 3.05) is 12.4 Å². The molecule has 1 atom stereocenters. The predicted molar refractivity (Wildman–Crippen MR) is 80.9 cm³/mol. The van der Waals surface area contributed by atoms with Gasteiger partial charge in [0, 0.05) is 11.3 Å². The first-order valence-corrected chi connectivity index (χ1v) is 6.68. The molecule has 0 saturated heterocycles. The number of hydrogen-bond acceptors (Lipinski definition) is 2. The Morgan fingerprint density at radius 1 is 1.10 bits per heavy atom. The van der Waals surface area contributed by atoms with Crippen molar-refractivity contribution in [1.82, 2.24) is 0 Å². The summed E-state index contributed by atoms with van der Waals surface area (Å²) in [4.78, 5) is 0. The van der Waals surface area contributed by atoms with Crippen LogP contribution in [-0.4, -0.2) is 7.11 Å². The van der Waals surface area contributed by atoms with Crippen LogP contribution in [0.25, 0.3) is 0 Å². The van der Waals surface area contributed by atoms with Gasteiger partial charge in [-0.3, -0.25) is 0 Å². The van der Waals surface area contributed by atoms with Crippen LogP contribution >= 0.6 is 0 Å². The summed E-state index contributed by atoms with van der Waals surface area (Å²) in [5, 5.41) is 3.40. The van der Waals surface area contributed by atoms with E-state index >= 15 is 0 Å². The molecule has 0 aromatic heterocycles. The van der Waals surface area contributed by atoms with E-state index < -0.39 is 0 Å². The molecule has 0 fully saturated rings. The molecule has 1 unspecified atom stereocenters. The Balaban J connectivity index is 2.25. The van der Waals surface area contributed by atoms with Crippen molar-refractivity contribution >= 4 is 5.69 Å². The van der Waals surface area contributed by atoms with Crippen molar-refractivity contribution < 1.29 is 9.13 Å². The molecule has 2 aromatic carbocycles. The average molecular weight is 273 g/mol. The molecule has 0 bridgehead atoms. The average Bonchev–Trinajstić information content (AvgIpc) is 2.41. The molecule has 0 heterocycles. The smallest absolute Gasteiger partial charge is 0.124 e. The SMILES string of the molecule is COc1cc(C)ccc1C(C)Nc1ccc(F)cc1C. The van der Waals surface area contributed by atoms with Crippen LogP contribution in [0.15, 0.2) is 36.4 Å². The van der Waals surface area contributed by atoms with E-state index in [1.807, 2.05) is 19.9 Å². The Hall–Kier alpha value is -2.03. The Bertz CT molecular complexity index is 610. The third-order valence-corrected chi connectivity index (χ3v) is 3.42. The van der Waals surface area contributed by atoms with Crippen molar-refractivity contribution in [3.05, 3.63) is 58.9 Å². The monoisotopic (exact) mass is 273 g/mol. The second kappa shape index (κ2) is 5.95. The highest BCUT2D eigenvalue weighted by atomic mass is 19.1. The topological polar surface area (TPSA) is 21.3 Å². The maximum Gasteiger partial charge on any atom is 0.124 e. The number of rotatable bonds is 4. The van der Waals surface area contributed by atoms with Gasteiger partial charge in [0.05, 0.1) is 13.2 Å². The lowest BCUT2D eigenvalue weighted by Crippen LogP contribution is -2.09. The molecule has 106 valence electrons. The Kier molecular flexibility index (Phi) is 4.28. The number of hydrogen-bond donors (Lipinski definition) is 1. The summed E-state index contributed by atoms with van der Waals surface area (Å²) >= 11 is 0. The molecule has 0 aliphatic heterocycles. The lowest BCUT2D eigenvalue weighted by atomic mass is 10.0. The van der Waals surface area contributed by atoms with Gasteiger partial charge in [-0.2, -0.15) is 0 Å². The zero-order valence-corrected chi connectivity index (χ0v) is 12.3. The maximum absolute atomic E-state index is 13.1. The summed E-state index contributed by atoms with van der Waals surface area (Å²) in [6.45, 7) is 6.00. The van der Waals surface area contributed by atoms with Crippen LogP contribution in [0, 0.1) is 19.7 Å². The largest absolute Gasteiger partial charge is 0.496 e. The minimum Gasteiger partial charge on any atom is -0.496 e. The number of benzene rings is 2. The second-order valence-corrected chi connectivity index (χ2v) is 5.07. The van der Waals surface area contributed by atoms with Crippen LogP contribution in [0.5, 0.6) is 5.75 Å². The highest BCUT2D eigenvalue weighted by Gasteiger charge is 2.12. The number of methoxy groups -OCH3 is 1. The van der Waals surface area contributed by atoms with Gasteiger partial charge in [-0.25, -0.2) is 4.39 Å². The molecular formula is C17H20FNO. The molecule has 0 spiro atoms. The van der Waals surface area contributed by atoms with Crippen LogP contribution in [-0.2, 0) is 0 Å². The van der Waals surface area contributed by atoms with Gasteiger partial charge in [-0.05, 0) is 56.2 Å². The van der Waals surface area contributed by atoms with E-state index in [0.717, 1.165) is 28.1 Å². The fraction of sp³-hybridized carbons (Fsp3) is 0.294. The van der Waals surface area contributed by atoms with Gasteiger partial charge in [0.25, 0.3) is 0 Å². The molecule has 2 aromatic rings. The normalized spacial score (nSPS) is 12.1. The van der Waals surface area contributed by atoms with Crippen LogP contribution in [0.3, 0.4) is 0 Å². The van der Waals surface area contributed by atoms with E-state index in [9.17, 15) is 4.39 Å². The first-order valence-electron chi connectivity index (χ1n) is 6.68. The Morgan fingerprint density at radius 2 is 1.85 bits per heavy atom. The summed E-state index contributed by atoms with van der Waals surface area (Å²) in [5.74, 6) is 0.651. The number of halogens is 1. The van der Waals surface area contributed by atoms with Crippen LogP contribution in [0.1, 0.15) is 29.7 Å². The molecular weight excluding hydrogens is 253 g/mol. The van der Waals surface area contributed by atoms with Crippen LogP contribution < -0.4 is 10.1 Å². The maximum atomic E-state index is 13.1. The fourth-order valence-electron chi connectivity index (χ4n) is 2.28. The van der Waals surface area contributed by atoms with Gasteiger partial charge in [0.2, 0.25) is 0 Å². The number of ether oxygens (including phenoxy) is 1. The van der Waals surface area contributed by atoms with E-state index in [1.54, 1.807) is 13.2 Å². The second-order valence-electron chi connectivity index (χ2n) is 5.07. The molecule has 2 nitrogen and oxygen atoms in total. The van der Waals surface area contributed by atoms with E-state index in [1.165, 1.54) is 12.1 Å². The fourth-order valence-corrected chi connectivity index (χ4v) is 2.28. The van der Waals surface area contributed by atoms with E-state index in [0.29, 0.717) is 0 Å². The summed E-state index contributed by atoms with van der Waals surface area (Å²) in [6.07, 6.45) is 0. The zero-order valence-electron chi connectivity index (χ0n) is 12.3. The summed E-state index contributed by atoms with van der Waals surface area (Å²) in [7, 11) is 1.67. The summed E-state index contributed by atoms with van der Waals surface area (Å²) in [5.41, 5.74) is 4.07. The number of nitrogens with one attached hydrogen (secondary N) is 1. The van der Waals surface area contributed by atoms with Crippen molar-refractivity contribution in [3.8, 4) is 5.75 Å². The number of anilines is 1.